The summed E-state index contributed by atoms with van der Waals surface area (Å²) in [5.41, 5.74) is 2.27. The van der Waals surface area contributed by atoms with Gasteiger partial charge in [-0.25, -0.2) is 13.2 Å². The number of benzene rings is 2. The highest BCUT2D eigenvalue weighted by Crippen LogP contribution is 2.16. The van der Waals surface area contributed by atoms with Crippen LogP contribution in [0.15, 0.2) is 48.5 Å². The van der Waals surface area contributed by atoms with Gasteiger partial charge in [0.15, 0.2) is 0 Å². The van der Waals surface area contributed by atoms with E-state index in [1.807, 2.05) is 31.2 Å². The van der Waals surface area contributed by atoms with Crippen LogP contribution < -0.4 is 20.1 Å². The Hall–Kier alpha value is -2.74. The Balaban J connectivity index is 1.69. The Bertz CT molecular complexity index is 869. The highest BCUT2D eigenvalue weighted by molar-refractivity contribution is 7.92. The Kier molecular flexibility index (Phi) is 7.48. The zero-order chi connectivity index (χ0) is 19.7. The number of anilines is 1. The fourth-order valence-electron chi connectivity index (χ4n) is 2.38. The van der Waals surface area contributed by atoms with Crippen LogP contribution in [0.5, 0.6) is 5.75 Å². The van der Waals surface area contributed by atoms with Crippen molar-refractivity contribution in [3.05, 3.63) is 59.7 Å². The van der Waals surface area contributed by atoms with Gasteiger partial charge in [0.1, 0.15) is 5.75 Å². The van der Waals surface area contributed by atoms with Crippen LogP contribution >= 0.6 is 0 Å². The van der Waals surface area contributed by atoms with Gasteiger partial charge in [0.05, 0.1) is 18.6 Å². The molecule has 0 unspecified atom stereocenters. The van der Waals surface area contributed by atoms with Crippen LogP contribution in [0, 0.1) is 6.92 Å². The number of para-hydroxylation sites is 1. The topological polar surface area (TPSA) is 96.5 Å². The van der Waals surface area contributed by atoms with Crippen LogP contribution in [0.25, 0.3) is 0 Å². The molecule has 146 valence electrons. The molecule has 0 bridgehead atoms. The van der Waals surface area contributed by atoms with Crippen molar-refractivity contribution in [3.8, 4) is 5.75 Å². The van der Waals surface area contributed by atoms with Crippen molar-refractivity contribution in [1.82, 2.24) is 10.6 Å². The molecule has 0 saturated heterocycles. The van der Waals surface area contributed by atoms with E-state index in [1.165, 1.54) is 0 Å². The first-order valence-corrected chi connectivity index (χ1v) is 10.5. The Morgan fingerprint density at radius 2 is 1.85 bits per heavy atom. The zero-order valence-corrected chi connectivity index (χ0v) is 16.3. The number of hydrogen-bond acceptors (Lipinski definition) is 4. The first-order chi connectivity index (χ1) is 12.8. The minimum atomic E-state index is -3.38. The smallest absolute Gasteiger partial charge is 0.315 e. The second kappa shape index (κ2) is 9.82. The lowest BCUT2D eigenvalue weighted by Crippen LogP contribution is -2.36. The molecule has 2 aromatic carbocycles. The molecule has 2 amide bonds. The number of carbonyl (C=O) groups is 1. The largest absolute Gasteiger partial charge is 0.494 e. The second-order valence-corrected chi connectivity index (χ2v) is 7.91. The number of carbonyl (C=O) groups excluding carboxylic acids is 1. The number of ether oxygens (including phenoxy) is 1. The maximum atomic E-state index is 11.9. The highest BCUT2D eigenvalue weighted by atomic mass is 32.2. The first-order valence-electron chi connectivity index (χ1n) is 8.60. The summed E-state index contributed by atoms with van der Waals surface area (Å²) < 4.78 is 30.8. The number of amides is 2. The number of rotatable bonds is 9. The van der Waals surface area contributed by atoms with Crippen LogP contribution in [-0.4, -0.2) is 33.9 Å². The normalized spacial score (nSPS) is 10.9. The third kappa shape index (κ3) is 8.00. The van der Waals surface area contributed by atoms with Crippen LogP contribution in [0.2, 0.25) is 0 Å². The molecule has 0 heterocycles. The van der Waals surface area contributed by atoms with Gasteiger partial charge in [0, 0.05) is 13.1 Å². The summed E-state index contributed by atoms with van der Waals surface area (Å²) >= 11 is 0. The van der Waals surface area contributed by atoms with Crippen LogP contribution in [0.3, 0.4) is 0 Å². The van der Waals surface area contributed by atoms with Crippen molar-refractivity contribution in [2.75, 3.05) is 24.1 Å². The molecule has 2 rings (SSSR count). The Morgan fingerprint density at radius 1 is 1.07 bits per heavy atom. The van der Waals surface area contributed by atoms with Crippen molar-refractivity contribution in [2.45, 2.75) is 19.9 Å². The number of hydrogen-bond donors (Lipinski definition) is 3. The van der Waals surface area contributed by atoms with Crippen molar-refractivity contribution in [2.24, 2.45) is 0 Å². The van der Waals surface area contributed by atoms with Gasteiger partial charge >= 0.3 is 6.03 Å². The molecular weight excluding hydrogens is 366 g/mol. The van der Waals surface area contributed by atoms with Gasteiger partial charge in [-0.2, -0.15) is 0 Å². The SMILES string of the molecule is Cc1cccc(OCCCNC(=O)NCc2ccccc2NS(C)(=O)=O)c1. The highest BCUT2D eigenvalue weighted by Gasteiger charge is 2.08. The van der Waals surface area contributed by atoms with Crippen LogP contribution in [0.1, 0.15) is 17.5 Å². The first kappa shape index (κ1) is 20.6. The Labute approximate surface area is 160 Å². The molecule has 0 aliphatic rings. The van der Waals surface area contributed by atoms with Gasteiger partial charge in [-0.3, -0.25) is 4.72 Å². The van der Waals surface area contributed by atoms with Gasteiger partial charge in [0.25, 0.3) is 0 Å². The standard InChI is InChI=1S/C19H25N3O4S/c1-15-7-5-9-17(13-15)26-12-6-11-20-19(23)21-14-16-8-3-4-10-18(16)22-27(2,24)25/h3-5,7-10,13,22H,6,11-12,14H2,1-2H3,(H2,20,21,23). The van der Waals surface area contributed by atoms with Gasteiger partial charge < -0.3 is 15.4 Å². The third-order valence-corrected chi connectivity index (χ3v) is 4.21. The lowest BCUT2D eigenvalue weighted by Gasteiger charge is -2.12. The molecule has 0 saturated carbocycles. The molecule has 0 spiro atoms. The molecule has 0 fully saturated rings. The van der Waals surface area contributed by atoms with E-state index in [0.29, 0.717) is 30.8 Å². The van der Waals surface area contributed by atoms with Crippen LogP contribution in [-0.2, 0) is 16.6 Å². The van der Waals surface area contributed by atoms with Crippen LogP contribution in [0.4, 0.5) is 10.5 Å². The van der Waals surface area contributed by atoms with Gasteiger partial charge in [-0.15, -0.1) is 0 Å². The average Bonchev–Trinajstić information content (AvgIpc) is 2.59. The van der Waals surface area contributed by atoms with Crippen molar-refractivity contribution in [1.29, 1.82) is 0 Å². The maximum absolute atomic E-state index is 11.9. The lowest BCUT2D eigenvalue weighted by molar-refractivity contribution is 0.238. The molecular formula is C19H25N3O4S. The fraction of sp³-hybridized carbons (Fsp3) is 0.316. The molecule has 2 aromatic rings. The maximum Gasteiger partial charge on any atom is 0.315 e. The van der Waals surface area contributed by atoms with Crippen molar-refractivity contribution < 1.29 is 17.9 Å². The Morgan fingerprint density at radius 3 is 2.59 bits per heavy atom. The van der Waals surface area contributed by atoms with Crippen molar-refractivity contribution in [3.63, 3.8) is 0 Å². The molecule has 0 aromatic heterocycles. The molecule has 8 heteroatoms. The van der Waals surface area contributed by atoms with Crippen molar-refractivity contribution >= 4 is 21.7 Å². The van der Waals surface area contributed by atoms with E-state index in [-0.39, 0.29) is 12.6 Å². The van der Waals surface area contributed by atoms with E-state index in [9.17, 15) is 13.2 Å². The fourth-order valence-corrected chi connectivity index (χ4v) is 2.98. The predicted molar refractivity (Wildman–Crippen MR) is 106 cm³/mol. The van der Waals surface area contributed by atoms with Gasteiger partial charge in [0.2, 0.25) is 10.0 Å². The molecule has 27 heavy (non-hydrogen) atoms. The molecule has 0 aliphatic carbocycles. The molecule has 0 radical (unpaired) electrons. The minimum absolute atomic E-state index is 0.213. The predicted octanol–water partition coefficient (Wildman–Crippen LogP) is 2.63. The summed E-state index contributed by atoms with van der Waals surface area (Å²) in [6.07, 6.45) is 1.76. The van der Waals surface area contributed by atoms with E-state index in [2.05, 4.69) is 15.4 Å². The summed E-state index contributed by atoms with van der Waals surface area (Å²) in [5.74, 6) is 0.814. The lowest BCUT2D eigenvalue weighted by atomic mass is 10.2. The summed E-state index contributed by atoms with van der Waals surface area (Å²) in [4.78, 5) is 11.9. The number of sulfonamides is 1. The average molecular weight is 391 g/mol. The minimum Gasteiger partial charge on any atom is -0.494 e. The van der Waals surface area contributed by atoms with E-state index in [4.69, 9.17) is 4.74 Å². The van der Waals surface area contributed by atoms with E-state index >= 15 is 0 Å². The summed E-state index contributed by atoms with van der Waals surface area (Å²) in [6.45, 7) is 3.19. The second-order valence-electron chi connectivity index (χ2n) is 6.16. The van der Waals surface area contributed by atoms with Gasteiger partial charge in [-0.05, 0) is 42.7 Å². The third-order valence-electron chi connectivity index (χ3n) is 3.62. The molecule has 0 aliphatic heterocycles. The molecule has 0 atom stereocenters. The molecule has 3 N–H and O–H groups in total. The summed E-state index contributed by atoms with van der Waals surface area (Å²) in [5, 5.41) is 5.47. The summed E-state index contributed by atoms with van der Waals surface area (Å²) in [6, 6.07) is 14.4. The number of nitrogens with one attached hydrogen (secondary N) is 3. The molecule has 7 nitrogen and oxygen atoms in total. The van der Waals surface area contributed by atoms with E-state index in [1.54, 1.807) is 24.3 Å². The van der Waals surface area contributed by atoms with Gasteiger partial charge in [-0.1, -0.05) is 30.3 Å². The van der Waals surface area contributed by atoms with E-state index < -0.39 is 10.0 Å². The quantitative estimate of drug-likeness (QED) is 0.573. The zero-order valence-electron chi connectivity index (χ0n) is 15.5. The van der Waals surface area contributed by atoms with E-state index in [0.717, 1.165) is 17.6 Å². The number of aryl methyl sites for hydroxylation is 1. The summed E-state index contributed by atoms with van der Waals surface area (Å²) in [7, 11) is -3.38. The monoisotopic (exact) mass is 391 g/mol. The number of urea groups is 1.